The van der Waals surface area contributed by atoms with Crippen molar-refractivity contribution in [2.75, 3.05) is 6.54 Å². The Morgan fingerprint density at radius 2 is 2.38 bits per heavy atom. The van der Waals surface area contributed by atoms with Crippen LogP contribution in [-0.4, -0.2) is 18.4 Å². The summed E-state index contributed by atoms with van der Waals surface area (Å²) in [5.41, 5.74) is 1.06. The van der Waals surface area contributed by atoms with E-state index >= 15 is 0 Å². The van der Waals surface area contributed by atoms with Gasteiger partial charge in [0.2, 0.25) is 0 Å². The van der Waals surface area contributed by atoms with Crippen molar-refractivity contribution < 1.29 is 9.18 Å². The third-order valence-electron chi connectivity index (χ3n) is 3.09. The van der Waals surface area contributed by atoms with Crippen molar-refractivity contribution >= 4 is 5.78 Å². The molecule has 1 aliphatic heterocycles. The lowest BCUT2D eigenvalue weighted by molar-refractivity contribution is 0.0971. The van der Waals surface area contributed by atoms with E-state index in [0.29, 0.717) is 17.5 Å². The fourth-order valence-corrected chi connectivity index (χ4v) is 2.04. The number of Topliss-reactive ketones (excluding diaryl/α,β-unsaturated/α-hetero) is 1. The minimum atomic E-state index is -0.301. The molecule has 1 heterocycles. The largest absolute Gasteiger partial charge is 0.314 e. The van der Waals surface area contributed by atoms with Gasteiger partial charge < -0.3 is 5.32 Å². The van der Waals surface area contributed by atoms with Gasteiger partial charge in [-0.2, -0.15) is 0 Å². The predicted molar refractivity (Wildman–Crippen MR) is 61.1 cm³/mol. The molecular weight excluding hydrogens is 205 g/mol. The molecule has 2 rings (SSSR count). The summed E-state index contributed by atoms with van der Waals surface area (Å²) in [5, 5.41) is 3.27. The van der Waals surface area contributed by atoms with Crippen LogP contribution in [0.4, 0.5) is 4.39 Å². The van der Waals surface area contributed by atoms with Crippen molar-refractivity contribution in [3.05, 3.63) is 35.1 Å². The number of rotatable bonds is 3. The van der Waals surface area contributed by atoms with E-state index in [1.807, 2.05) is 0 Å². The Kier molecular flexibility index (Phi) is 3.34. The molecule has 0 aliphatic carbocycles. The summed E-state index contributed by atoms with van der Waals surface area (Å²) in [6, 6.07) is 4.98. The zero-order valence-electron chi connectivity index (χ0n) is 9.42. The number of nitrogens with one attached hydrogen (secondary N) is 1. The summed E-state index contributed by atoms with van der Waals surface area (Å²) in [5.74, 6) is -0.275. The van der Waals surface area contributed by atoms with E-state index in [1.54, 1.807) is 19.1 Å². The molecule has 1 saturated heterocycles. The van der Waals surface area contributed by atoms with Gasteiger partial charge in [0.1, 0.15) is 5.82 Å². The second-order valence-electron chi connectivity index (χ2n) is 4.38. The van der Waals surface area contributed by atoms with E-state index in [0.717, 1.165) is 19.4 Å². The van der Waals surface area contributed by atoms with Crippen molar-refractivity contribution in [3.63, 3.8) is 0 Å². The second kappa shape index (κ2) is 4.74. The van der Waals surface area contributed by atoms with E-state index in [9.17, 15) is 9.18 Å². The van der Waals surface area contributed by atoms with E-state index in [1.165, 1.54) is 6.07 Å². The molecule has 0 aromatic heterocycles. The fourth-order valence-electron chi connectivity index (χ4n) is 2.04. The monoisotopic (exact) mass is 221 g/mol. The van der Waals surface area contributed by atoms with Crippen molar-refractivity contribution in [2.24, 2.45) is 0 Å². The number of carbonyl (C=O) groups excluding carboxylic acids is 1. The molecule has 1 aromatic rings. The first-order valence-electron chi connectivity index (χ1n) is 5.69. The summed E-state index contributed by atoms with van der Waals surface area (Å²) in [4.78, 5) is 11.9. The quantitative estimate of drug-likeness (QED) is 0.794. The number of carbonyl (C=O) groups is 1. The van der Waals surface area contributed by atoms with Crippen molar-refractivity contribution in [2.45, 2.75) is 32.2 Å². The highest BCUT2D eigenvalue weighted by Gasteiger charge is 2.18. The molecule has 1 N–H and O–H groups in total. The first-order chi connectivity index (χ1) is 7.66. The third kappa shape index (κ3) is 2.47. The highest BCUT2D eigenvalue weighted by molar-refractivity contribution is 5.96. The minimum Gasteiger partial charge on any atom is -0.314 e. The van der Waals surface area contributed by atoms with Gasteiger partial charge in [-0.25, -0.2) is 4.39 Å². The van der Waals surface area contributed by atoms with Crippen LogP contribution in [0.15, 0.2) is 18.2 Å². The highest BCUT2D eigenvalue weighted by Crippen LogP contribution is 2.15. The first kappa shape index (κ1) is 11.3. The van der Waals surface area contributed by atoms with Crippen LogP contribution in [0.3, 0.4) is 0 Å². The highest BCUT2D eigenvalue weighted by atomic mass is 19.1. The maximum absolute atomic E-state index is 13.3. The summed E-state index contributed by atoms with van der Waals surface area (Å²) < 4.78 is 13.3. The Balaban J connectivity index is 2.05. The van der Waals surface area contributed by atoms with Gasteiger partial charge in [0.15, 0.2) is 5.78 Å². The number of hydrogen-bond donors (Lipinski definition) is 1. The molecule has 1 fully saturated rings. The van der Waals surface area contributed by atoms with Crippen LogP contribution < -0.4 is 5.32 Å². The van der Waals surface area contributed by atoms with Crippen LogP contribution >= 0.6 is 0 Å². The maximum atomic E-state index is 13.3. The summed E-state index contributed by atoms with van der Waals surface area (Å²) in [7, 11) is 0. The minimum absolute atomic E-state index is 0.0262. The van der Waals surface area contributed by atoms with Gasteiger partial charge in [0.25, 0.3) is 0 Å². The molecule has 1 unspecified atom stereocenters. The zero-order chi connectivity index (χ0) is 11.5. The lowest BCUT2D eigenvalue weighted by Crippen LogP contribution is -2.24. The summed E-state index contributed by atoms with van der Waals surface area (Å²) in [6.07, 6.45) is 2.64. The molecule has 16 heavy (non-hydrogen) atoms. The molecule has 0 radical (unpaired) electrons. The van der Waals surface area contributed by atoms with E-state index in [-0.39, 0.29) is 17.6 Å². The Labute approximate surface area is 94.9 Å². The van der Waals surface area contributed by atoms with E-state index < -0.39 is 0 Å². The van der Waals surface area contributed by atoms with E-state index in [2.05, 4.69) is 5.32 Å². The molecular formula is C13H16FNO. The Morgan fingerprint density at radius 1 is 1.56 bits per heavy atom. The van der Waals surface area contributed by atoms with Crippen LogP contribution in [0, 0.1) is 12.7 Å². The van der Waals surface area contributed by atoms with Crippen LogP contribution in [0.5, 0.6) is 0 Å². The molecule has 0 spiro atoms. The van der Waals surface area contributed by atoms with Crippen LogP contribution in [0.1, 0.15) is 35.2 Å². The lowest BCUT2D eigenvalue weighted by atomic mass is 10.0. The Hall–Kier alpha value is -1.22. The molecule has 1 aromatic carbocycles. The van der Waals surface area contributed by atoms with Gasteiger partial charge in [0, 0.05) is 18.0 Å². The topological polar surface area (TPSA) is 29.1 Å². The Bertz CT molecular complexity index is 397. The van der Waals surface area contributed by atoms with Crippen molar-refractivity contribution in [1.29, 1.82) is 0 Å². The van der Waals surface area contributed by atoms with Crippen LogP contribution in [0.2, 0.25) is 0 Å². The Morgan fingerprint density at radius 3 is 3.00 bits per heavy atom. The molecule has 2 nitrogen and oxygen atoms in total. The van der Waals surface area contributed by atoms with Gasteiger partial charge >= 0.3 is 0 Å². The van der Waals surface area contributed by atoms with Gasteiger partial charge in [-0.15, -0.1) is 0 Å². The molecule has 0 saturated carbocycles. The van der Waals surface area contributed by atoms with Gasteiger partial charge in [0.05, 0.1) is 0 Å². The van der Waals surface area contributed by atoms with Crippen molar-refractivity contribution in [3.8, 4) is 0 Å². The molecule has 86 valence electrons. The number of benzene rings is 1. The lowest BCUT2D eigenvalue weighted by Gasteiger charge is -2.09. The van der Waals surface area contributed by atoms with Crippen LogP contribution in [-0.2, 0) is 0 Å². The van der Waals surface area contributed by atoms with Crippen molar-refractivity contribution in [1.82, 2.24) is 5.32 Å². The summed E-state index contributed by atoms with van der Waals surface area (Å²) in [6.45, 7) is 2.68. The van der Waals surface area contributed by atoms with Crippen LogP contribution in [0.25, 0.3) is 0 Å². The average Bonchev–Trinajstić information content (AvgIpc) is 2.74. The zero-order valence-corrected chi connectivity index (χ0v) is 9.42. The SMILES string of the molecule is Cc1ccc(C(=O)CC2CCCN2)cc1F. The van der Waals surface area contributed by atoms with E-state index in [4.69, 9.17) is 0 Å². The first-order valence-corrected chi connectivity index (χ1v) is 5.69. The standard InChI is InChI=1S/C13H16FNO/c1-9-4-5-10(7-12(9)14)13(16)8-11-3-2-6-15-11/h4-5,7,11,15H,2-3,6,8H2,1H3. The molecule has 0 bridgehead atoms. The number of aryl methyl sites for hydroxylation is 1. The number of ketones is 1. The maximum Gasteiger partial charge on any atom is 0.164 e. The molecule has 3 heteroatoms. The third-order valence-corrected chi connectivity index (χ3v) is 3.09. The number of halogens is 1. The second-order valence-corrected chi connectivity index (χ2v) is 4.38. The smallest absolute Gasteiger partial charge is 0.164 e. The average molecular weight is 221 g/mol. The fraction of sp³-hybridized carbons (Fsp3) is 0.462. The normalized spacial score (nSPS) is 20.0. The molecule has 1 atom stereocenters. The van der Waals surface area contributed by atoms with Gasteiger partial charge in [-0.05, 0) is 37.9 Å². The molecule has 0 amide bonds. The van der Waals surface area contributed by atoms with Gasteiger partial charge in [-0.1, -0.05) is 12.1 Å². The summed E-state index contributed by atoms with van der Waals surface area (Å²) >= 11 is 0. The molecule has 1 aliphatic rings. The number of hydrogen-bond acceptors (Lipinski definition) is 2. The van der Waals surface area contributed by atoms with Gasteiger partial charge in [-0.3, -0.25) is 4.79 Å². The predicted octanol–water partition coefficient (Wildman–Crippen LogP) is 2.46.